The molecule has 0 amide bonds. The fraction of sp³-hybridized carbons (Fsp3) is 0.286. The number of nitrogens with one attached hydrogen (secondary N) is 1. The SMILES string of the molecule is CCCNC(c1ccc(Br)cc1Br)c1sccc1Br. The van der Waals surface area contributed by atoms with Crippen LogP contribution >= 0.6 is 59.1 Å². The average molecular weight is 468 g/mol. The highest BCUT2D eigenvalue weighted by Crippen LogP contribution is 2.37. The minimum absolute atomic E-state index is 0.219. The summed E-state index contributed by atoms with van der Waals surface area (Å²) in [5.74, 6) is 0. The van der Waals surface area contributed by atoms with Crippen LogP contribution in [-0.2, 0) is 0 Å². The Labute approximate surface area is 143 Å². The van der Waals surface area contributed by atoms with E-state index >= 15 is 0 Å². The first-order chi connectivity index (χ1) is 9.13. The Bertz CT molecular complexity index is 553. The van der Waals surface area contributed by atoms with E-state index in [-0.39, 0.29) is 6.04 Å². The van der Waals surface area contributed by atoms with Crippen LogP contribution in [0.2, 0.25) is 0 Å². The van der Waals surface area contributed by atoms with E-state index in [0.717, 1.165) is 21.9 Å². The Morgan fingerprint density at radius 3 is 2.53 bits per heavy atom. The topological polar surface area (TPSA) is 12.0 Å². The van der Waals surface area contributed by atoms with Crippen molar-refractivity contribution in [2.45, 2.75) is 19.4 Å². The zero-order valence-electron chi connectivity index (χ0n) is 10.4. The van der Waals surface area contributed by atoms with Crippen LogP contribution < -0.4 is 5.32 Å². The van der Waals surface area contributed by atoms with E-state index in [4.69, 9.17) is 0 Å². The summed E-state index contributed by atoms with van der Waals surface area (Å²) in [6.45, 7) is 3.18. The second-order valence-corrected chi connectivity index (χ2v) is 7.76. The van der Waals surface area contributed by atoms with Gasteiger partial charge in [-0.15, -0.1) is 11.3 Å². The molecular formula is C14H14Br3NS. The Morgan fingerprint density at radius 2 is 1.95 bits per heavy atom. The second kappa shape index (κ2) is 7.36. The largest absolute Gasteiger partial charge is 0.306 e. The van der Waals surface area contributed by atoms with Crippen LogP contribution in [0.15, 0.2) is 43.1 Å². The van der Waals surface area contributed by atoms with Gasteiger partial charge in [0.1, 0.15) is 0 Å². The van der Waals surface area contributed by atoms with Crippen LogP contribution in [-0.4, -0.2) is 6.54 Å². The number of hydrogen-bond donors (Lipinski definition) is 1. The maximum absolute atomic E-state index is 3.67. The van der Waals surface area contributed by atoms with Crippen molar-refractivity contribution in [2.75, 3.05) is 6.54 Å². The molecule has 19 heavy (non-hydrogen) atoms. The molecule has 2 aromatic rings. The Morgan fingerprint density at radius 1 is 1.16 bits per heavy atom. The summed E-state index contributed by atoms with van der Waals surface area (Å²) in [4.78, 5) is 1.32. The van der Waals surface area contributed by atoms with Gasteiger partial charge in [-0.2, -0.15) is 0 Å². The van der Waals surface area contributed by atoms with E-state index in [1.807, 2.05) is 0 Å². The van der Waals surface area contributed by atoms with Crippen molar-refractivity contribution in [3.8, 4) is 0 Å². The first-order valence-electron chi connectivity index (χ1n) is 6.04. The average Bonchev–Trinajstić information content (AvgIpc) is 2.78. The van der Waals surface area contributed by atoms with E-state index in [2.05, 4.69) is 89.7 Å². The van der Waals surface area contributed by atoms with Crippen molar-refractivity contribution < 1.29 is 0 Å². The fourth-order valence-electron chi connectivity index (χ4n) is 1.88. The number of rotatable bonds is 5. The quantitative estimate of drug-likeness (QED) is 0.558. The maximum Gasteiger partial charge on any atom is 0.0693 e. The standard InChI is InChI=1S/C14H14Br3NS/c1-2-6-18-13(14-11(16)5-7-19-14)10-4-3-9(15)8-12(10)17/h3-5,7-8,13,18H,2,6H2,1H3. The van der Waals surface area contributed by atoms with Crippen LogP contribution in [0.3, 0.4) is 0 Å². The van der Waals surface area contributed by atoms with Crippen LogP contribution in [0.1, 0.15) is 29.8 Å². The predicted molar refractivity (Wildman–Crippen MR) is 94.0 cm³/mol. The van der Waals surface area contributed by atoms with Gasteiger partial charge in [-0.05, 0) is 58.0 Å². The van der Waals surface area contributed by atoms with Crippen molar-refractivity contribution in [3.63, 3.8) is 0 Å². The minimum Gasteiger partial charge on any atom is -0.306 e. The van der Waals surface area contributed by atoms with E-state index in [1.165, 1.54) is 14.9 Å². The normalized spacial score (nSPS) is 12.6. The highest BCUT2D eigenvalue weighted by Gasteiger charge is 2.19. The van der Waals surface area contributed by atoms with Gasteiger partial charge in [0.05, 0.1) is 6.04 Å². The summed E-state index contributed by atoms with van der Waals surface area (Å²) >= 11 is 12.6. The predicted octanol–water partition coefficient (Wildman–Crippen LogP) is 6.12. The molecule has 0 aliphatic rings. The van der Waals surface area contributed by atoms with Crippen molar-refractivity contribution >= 4 is 59.1 Å². The summed E-state index contributed by atoms with van der Waals surface area (Å²) in [6.07, 6.45) is 1.12. The van der Waals surface area contributed by atoms with Gasteiger partial charge in [-0.3, -0.25) is 0 Å². The molecule has 1 aromatic heterocycles. The van der Waals surface area contributed by atoms with Crippen molar-refractivity contribution in [1.29, 1.82) is 0 Å². The minimum atomic E-state index is 0.219. The lowest BCUT2D eigenvalue weighted by molar-refractivity contribution is 0.602. The summed E-state index contributed by atoms with van der Waals surface area (Å²) < 4.78 is 3.37. The Kier molecular flexibility index (Phi) is 6.09. The summed E-state index contributed by atoms with van der Waals surface area (Å²) in [7, 11) is 0. The smallest absolute Gasteiger partial charge is 0.0693 e. The molecule has 1 heterocycles. The van der Waals surface area contributed by atoms with Gasteiger partial charge in [0.15, 0.2) is 0 Å². The Hall–Kier alpha value is 0.320. The van der Waals surface area contributed by atoms with Gasteiger partial charge in [0, 0.05) is 18.3 Å². The van der Waals surface area contributed by atoms with Gasteiger partial charge in [-0.1, -0.05) is 44.8 Å². The summed E-state index contributed by atoms with van der Waals surface area (Å²) in [6, 6.07) is 8.66. The molecule has 0 aliphatic heterocycles. The molecule has 2 rings (SSSR count). The third kappa shape index (κ3) is 3.91. The van der Waals surface area contributed by atoms with Gasteiger partial charge < -0.3 is 5.32 Å². The van der Waals surface area contributed by atoms with Gasteiger partial charge >= 0.3 is 0 Å². The molecule has 0 bridgehead atoms. The fourth-order valence-corrected chi connectivity index (χ4v) is 4.85. The van der Waals surface area contributed by atoms with E-state index in [9.17, 15) is 0 Å². The number of thiophene rings is 1. The third-order valence-electron chi connectivity index (χ3n) is 2.78. The molecule has 0 fully saturated rings. The van der Waals surface area contributed by atoms with Gasteiger partial charge in [0.2, 0.25) is 0 Å². The highest BCUT2D eigenvalue weighted by molar-refractivity contribution is 9.11. The molecule has 1 unspecified atom stereocenters. The van der Waals surface area contributed by atoms with Crippen LogP contribution in [0.25, 0.3) is 0 Å². The first kappa shape index (κ1) is 15.7. The van der Waals surface area contributed by atoms with Crippen LogP contribution in [0.5, 0.6) is 0 Å². The maximum atomic E-state index is 3.67. The summed E-state index contributed by atoms with van der Waals surface area (Å²) in [5, 5.41) is 5.74. The second-order valence-electron chi connectivity index (χ2n) is 4.19. The van der Waals surface area contributed by atoms with Crippen LogP contribution in [0, 0.1) is 0 Å². The van der Waals surface area contributed by atoms with Crippen molar-refractivity contribution in [3.05, 3.63) is 53.5 Å². The molecule has 102 valence electrons. The highest BCUT2D eigenvalue weighted by atomic mass is 79.9. The molecule has 0 saturated carbocycles. The first-order valence-corrected chi connectivity index (χ1v) is 9.30. The van der Waals surface area contributed by atoms with Gasteiger partial charge in [-0.25, -0.2) is 0 Å². The lowest BCUT2D eigenvalue weighted by atomic mass is 10.1. The molecule has 0 radical (unpaired) electrons. The molecule has 0 saturated heterocycles. The number of halogens is 3. The molecule has 1 aromatic carbocycles. The molecular weight excluding hydrogens is 454 g/mol. The molecule has 0 spiro atoms. The van der Waals surface area contributed by atoms with Crippen molar-refractivity contribution in [2.24, 2.45) is 0 Å². The lowest BCUT2D eigenvalue weighted by Gasteiger charge is -2.20. The molecule has 0 aliphatic carbocycles. The molecule has 5 heteroatoms. The third-order valence-corrected chi connectivity index (χ3v) is 5.89. The number of hydrogen-bond acceptors (Lipinski definition) is 2. The summed E-state index contributed by atoms with van der Waals surface area (Å²) in [5.41, 5.74) is 1.26. The lowest BCUT2D eigenvalue weighted by Crippen LogP contribution is -2.23. The molecule has 1 nitrogen and oxygen atoms in total. The van der Waals surface area contributed by atoms with Crippen molar-refractivity contribution in [1.82, 2.24) is 5.32 Å². The van der Waals surface area contributed by atoms with E-state index in [0.29, 0.717) is 0 Å². The van der Waals surface area contributed by atoms with E-state index < -0.39 is 0 Å². The Balaban J connectivity index is 2.40. The van der Waals surface area contributed by atoms with Gasteiger partial charge in [0.25, 0.3) is 0 Å². The monoisotopic (exact) mass is 465 g/mol. The molecule has 1 atom stereocenters. The zero-order chi connectivity index (χ0) is 13.8. The number of benzene rings is 1. The van der Waals surface area contributed by atoms with E-state index in [1.54, 1.807) is 11.3 Å². The zero-order valence-corrected chi connectivity index (χ0v) is 16.0. The molecule has 1 N–H and O–H groups in total. The van der Waals surface area contributed by atoms with Crippen LogP contribution in [0.4, 0.5) is 0 Å².